The van der Waals surface area contributed by atoms with Gasteiger partial charge in [0.2, 0.25) is 0 Å². The molecule has 1 heterocycles. The third-order valence-corrected chi connectivity index (χ3v) is 2.31. The molecule has 0 radical (unpaired) electrons. The Bertz CT molecular complexity index is 357. The predicted octanol–water partition coefficient (Wildman–Crippen LogP) is 2.50. The van der Waals surface area contributed by atoms with Crippen LogP contribution < -0.4 is 5.32 Å². The highest BCUT2D eigenvalue weighted by Crippen LogP contribution is 2.13. The van der Waals surface area contributed by atoms with E-state index in [1.807, 2.05) is 20.8 Å². The molecule has 0 aliphatic carbocycles. The van der Waals surface area contributed by atoms with Gasteiger partial charge in [-0.15, -0.1) is 0 Å². The normalized spacial score (nSPS) is 11.2. The highest BCUT2D eigenvalue weighted by molar-refractivity contribution is 9.10. The van der Waals surface area contributed by atoms with Gasteiger partial charge in [-0.1, -0.05) is 5.16 Å². The minimum atomic E-state index is -0.470. The largest absolute Gasteiger partial charge is 0.444 e. The number of nitrogens with one attached hydrogen (secondary N) is 1. The molecule has 0 bridgehead atoms. The molecule has 1 N–H and O–H groups in total. The van der Waals surface area contributed by atoms with Gasteiger partial charge in [-0.3, -0.25) is 0 Å². The van der Waals surface area contributed by atoms with Gasteiger partial charge in [0, 0.05) is 12.1 Å². The van der Waals surface area contributed by atoms with Gasteiger partial charge in [0.15, 0.2) is 4.60 Å². The summed E-state index contributed by atoms with van der Waals surface area (Å²) in [5.74, 6) is 0. The van der Waals surface area contributed by atoms with Crippen molar-refractivity contribution in [2.24, 2.45) is 0 Å². The van der Waals surface area contributed by atoms with Crippen LogP contribution in [0.2, 0.25) is 0 Å². The van der Waals surface area contributed by atoms with Crippen molar-refractivity contribution < 1.29 is 14.1 Å². The summed E-state index contributed by atoms with van der Waals surface area (Å²) in [5.41, 5.74) is 0.443. The number of aromatic nitrogens is 1. The first-order valence-corrected chi connectivity index (χ1v) is 5.73. The van der Waals surface area contributed by atoms with Gasteiger partial charge in [-0.25, -0.2) is 4.79 Å². The van der Waals surface area contributed by atoms with Gasteiger partial charge < -0.3 is 14.6 Å². The van der Waals surface area contributed by atoms with E-state index < -0.39 is 11.7 Å². The Morgan fingerprint density at radius 1 is 1.62 bits per heavy atom. The smallest absolute Gasteiger partial charge is 0.407 e. The van der Waals surface area contributed by atoms with Gasteiger partial charge in [0.1, 0.15) is 11.9 Å². The Balaban J connectivity index is 2.26. The molecule has 0 aliphatic heterocycles. The van der Waals surface area contributed by atoms with E-state index in [4.69, 9.17) is 9.26 Å². The standard InChI is InChI=1S/C10H15BrN2O3/c1-10(2,3)16-9(14)12-5-4-7-6-15-13-8(7)11/h6H,4-5H2,1-3H3,(H,12,14). The number of ether oxygens (including phenoxy) is 1. The van der Waals surface area contributed by atoms with E-state index in [0.29, 0.717) is 17.6 Å². The highest BCUT2D eigenvalue weighted by atomic mass is 79.9. The van der Waals surface area contributed by atoms with Gasteiger partial charge in [0.25, 0.3) is 0 Å². The average Bonchev–Trinajstić information content (AvgIpc) is 2.48. The molecule has 0 unspecified atom stereocenters. The predicted molar refractivity (Wildman–Crippen MR) is 62.1 cm³/mol. The molecule has 90 valence electrons. The van der Waals surface area contributed by atoms with Crippen LogP contribution in [0.1, 0.15) is 26.3 Å². The van der Waals surface area contributed by atoms with Crippen LogP contribution in [0, 0.1) is 0 Å². The molecule has 0 saturated carbocycles. The van der Waals surface area contributed by atoms with Crippen LogP contribution >= 0.6 is 15.9 Å². The van der Waals surface area contributed by atoms with Crippen LogP contribution in [0.5, 0.6) is 0 Å². The van der Waals surface area contributed by atoms with Gasteiger partial charge in [0.05, 0.1) is 0 Å². The summed E-state index contributed by atoms with van der Waals surface area (Å²) in [6.07, 6.45) is 1.77. The number of nitrogens with zero attached hydrogens (tertiary/aromatic N) is 1. The summed E-state index contributed by atoms with van der Waals surface area (Å²) < 4.78 is 10.5. The van der Waals surface area contributed by atoms with Crippen molar-refractivity contribution >= 4 is 22.0 Å². The van der Waals surface area contributed by atoms with E-state index in [9.17, 15) is 4.79 Å². The number of carbonyl (C=O) groups is 1. The van der Waals surface area contributed by atoms with Crippen LogP contribution in [0.4, 0.5) is 4.79 Å². The van der Waals surface area contributed by atoms with Crippen LogP contribution in [-0.2, 0) is 11.2 Å². The Morgan fingerprint density at radius 2 is 2.31 bits per heavy atom. The number of amides is 1. The first kappa shape index (κ1) is 13.0. The monoisotopic (exact) mass is 290 g/mol. The zero-order valence-corrected chi connectivity index (χ0v) is 11.1. The van der Waals surface area contributed by atoms with E-state index in [1.54, 1.807) is 6.26 Å². The highest BCUT2D eigenvalue weighted by Gasteiger charge is 2.15. The lowest BCUT2D eigenvalue weighted by molar-refractivity contribution is 0.0528. The zero-order chi connectivity index (χ0) is 12.2. The molecule has 0 spiro atoms. The third kappa shape index (κ3) is 4.65. The summed E-state index contributed by atoms with van der Waals surface area (Å²) in [4.78, 5) is 11.3. The van der Waals surface area contributed by atoms with E-state index in [-0.39, 0.29) is 0 Å². The maximum absolute atomic E-state index is 11.3. The molecule has 0 saturated heterocycles. The van der Waals surface area contributed by atoms with Crippen LogP contribution in [-0.4, -0.2) is 23.4 Å². The molecule has 0 aliphatic rings. The Kier molecular flexibility index (Phi) is 4.35. The molecular formula is C10H15BrN2O3. The van der Waals surface area contributed by atoms with Crippen molar-refractivity contribution in [3.05, 3.63) is 16.4 Å². The summed E-state index contributed by atoms with van der Waals surface area (Å²) in [6, 6.07) is 0. The average molecular weight is 291 g/mol. The molecule has 0 fully saturated rings. The van der Waals surface area contributed by atoms with Gasteiger partial charge >= 0.3 is 6.09 Å². The SMILES string of the molecule is CC(C)(C)OC(=O)NCCc1conc1Br. The van der Waals surface area contributed by atoms with Crippen LogP contribution in [0.3, 0.4) is 0 Å². The molecular weight excluding hydrogens is 276 g/mol. The lowest BCUT2D eigenvalue weighted by atomic mass is 10.2. The van der Waals surface area contributed by atoms with E-state index in [2.05, 4.69) is 26.4 Å². The molecule has 1 rings (SSSR count). The number of halogens is 1. The molecule has 0 atom stereocenters. The fraction of sp³-hybridized carbons (Fsp3) is 0.600. The Labute approximate surface area is 103 Å². The summed E-state index contributed by atoms with van der Waals surface area (Å²) >= 11 is 3.23. The number of rotatable bonds is 3. The molecule has 1 aromatic heterocycles. The lowest BCUT2D eigenvalue weighted by Gasteiger charge is -2.19. The summed E-state index contributed by atoms with van der Waals surface area (Å²) in [7, 11) is 0. The Hall–Kier alpha value is -1.04. The van der Waals surface area contributed by atoms with Crippen molar-refractivity contribution in [2.75, 3.05) is 6.54 Å². The van der Waals surface area contributed by atoms with Crippen molar-refractivity contribution in [2.45, 2.75) is 32.8 Å². The van der Waals surface area contributed by atoms with E-state index in [1.165, 1.54) is 0 Å². The fourth-order valence-electron chi connectivity index (χ4n) is 1.02. The maximum Gasteiger partial charge on any atom is 0.407 e. The number of alkyl carbamates (subject to hydrolysis) is 1. The van der Waals surface area contributed by atoms with E-state index in [0.717, 1.165) is 5.56 Å². The summed E-state index contributed by atoms with van der Waals surface area (Å²) in [5, 5.41) is 6.32. The minimum Gasteiger partial charge on any atom is -0.444 e. The second-order valence-corrected chi connectivity index (χ2v) is 5.06. The number of carbonyl (C=O) groups excluding carboxylic acids is 1. The van der Waals surface area contributed by atoms with Gasteiger partial charge in [-0.2, -0.15) is 0 Å². The lowest BCUT2D eigenvalue weighted by Crippen LogP contribution is -2.33. The molecule has 1 aromatic rings. The maximum atomic E-state index is 11.3. The molecule has 6 heteroatoms. The zero-order valence-electron chi connectivity index (χ0n) is 9.54. The quantitative estimate of drug-likeness (QED) is 0.929. The second-order valence-electron chi connectivity index (χ2n) is 4.31. The first-order chi connectivity index (χ1) is 7.38. The van der Waals surface area contributed by atoms with Crippen LogP contribution in [0.15, 0.2) is 15.4 Å². The number of hydrogen-bond acceptors (Lipinski definition) is 4. The fourth-order valence-corrected chi connectivity index (χ4v) is 1.39. The van der Waals surface area contributed by atoms with Crippen molar-refractivity contribution in [3.63, 3.8) is 0 Å². The minimum absolute atomic E-state index is 0.417. The van der Waals surface area contributed by atoms with Crippen molar-refractivity contribution in [3.8, 4) is 0 Å². The van der Waals surface area contributed by atoms with Crippen molar-refractivity contribution in [1.82, 2.24) is 10.5 Å². The van der Waals surface area contributed by atoms with Crippen LogP contribution in [0.25, 0.3) is 0 Å². The number of hydrogen-bond donors (Lipinski definition) is 1. The molecule has 5 nitrogen and oxygen atoms in total. The second kappa shape index (κ2) is 5.34. The Morgan fingerprint density at radius 3 is 2.81 bits per heavy atom. The third-order valence-electron chi connectivity index (χ3n) is 1.66. The first-order valence-electron chi connectivity index (χ1n) is 4.94. The molecule has 0 aromatic carbocycles. The summed E-state index contributed by atoms with van der Waals surface area (Å²) in [6.45, 7) is 5.95. The molecule has 16 heavy (non-hydrogen) atoms. The molecule has 1 amide bonds. The topological polar surface area (TPSA) is 64.4 Å². The van der Waals surface area contributed by atoms with Gasteiger partial charge in [-0.05, 0) is 43.1 Å². The van der Waals surface area contributed by atoms with Crippen molar-refractivity contribution in [1.29, 1.82) is 0 Å². The van der Waals surface area contributed by atoms with E-state index >= 15 is 0 Å².